The van der Waals surface area contributed by atoms with Gasteiger partial charge < -0.3 is 4.74 Å². The number of piperidine rings is 1. The highest BCUT2D eigenvalue weighted by Crippen LogP contribution is 2.36. The first-order valence-corrected chi connectivity index (χ1v) is 10.8. The zero-order chi connectivity index (χ0) is 23.4. The molecule has 3 aromatic heterocycles. The lowest BCUT2D eigenvalue weighted by molar-refractivity contribution is -0.152. The van der Waals surface area contributed by atoms with Crippen molar-refractivity contribution in [1.82, 2.24) is 24.5 Å². The van der Waals surface area contributed by atoms with Crippen molar-refractivity contribution in [3.05, 3.63) is 54.5 Å². The molecule has 5 rings (SSSR count). The first-order valence-electron chi connectivity index (χ1n) is 10.8. The van der Waals surface area contributed by atoms with Crippen LogP contribution < -0.4 is 4.74 Å². The molecule has 4 aromatic rings. The maximum absolute atomic E-state index is 15.0. The van der Waals surface area contributed by atoms with E-state index in [2.05, 4.69) is 15.2 Å². The van der Waals surface area contributed by atoms with Crippen LogP contribution in [0.15, 0.2) is 48.7 Å². The summed E-state index contributed by atoms with van der Waals surface area (Å²) in [6.45, 7) is 5.76. The molecular formula is C24H24F3N5O. The number of ether oxygens (including phenoxy) is 1. The Morgan fingerprint density at radius 1 is 1.09 bits per heavy atom. The van der Waals surface area contributed by atoms with Crippen LogP contribution in [0.4, 0.5) is 13.2 Å². The minimum Gasteiger partial charge on any atom is -0.482 e. The normalized spacial score (nSPS) is 19.3. The number of hydrogen-bond acceptors (Lipinski definition) is 5. The van der Waals surface area contributed by atoms with Crippen molar-refractivity contribution in [1.29, 1.82) is 0 Å². The third-order valence-electron chi connectivity index (χ3n) is 6.02. The number of likely N-dealkylation sites (tertiary alicyclic amines) is 1. The molecule has 4 heterocycles. The van der Waals surface area contributed by atoms with Gasteiger partial charge in [0.2, 0.25) is 0 Å². The Morgan fingerprint density at radius 2 is 1.91 bits per heavy atom. The van der Waals surface area contributed by atoms with Crippen molar-refractivity contribution in [2.75, 3.05) is 13.1 Å². The quantitative estimate of drug-likeness (QED) is 0.437. The lowest BCUT2D eigenvalue weighted by Crippen LogP contribution is -2.58. The summed E-state index contributed by atoms with van der Waals surface area (Å²) in [6.07, 6.45) is 0.555. The highest BCUT2D eigenvalue weighted by molar-refractivity contribution is 5.86. The predicted octanol–water partition coefficient (Wildman–Crippen LogP) is 4.97. The summed E-state index contributed by atoms with van der Waals surface area (Å²) in [5.74, 6) is -3.18. The third-order valence-corrected chi connectivity index (χ3v) is 6.02. The van der Waals surface area contributed by atoms with Crippen molar-refractivity contribution in [3.63, 3.8) is 0 Å². The topological polar surface area (TPSA) is 55.5 Å². The van der Waals surface area contributed by atoms with Gasteiger partial charge in [-0.1, -0.05) is 12.1 Å². The van der Waals surface area contributed by atoms with E-state index in [1.807, 2.05) is 45.2 Å². The molecule has 0 amide bonds. The fourth-order valence-corrected chi connectivity index (χ4v) is 4.19. The summed E-state index contributed by atoms with van der Waals surface area (Å²) in [5, 5.41) is 8.79. The zero-order valence-electron chi connectivity index (χ0n) is 18.6. The van der Waals surface area contributed by atoms with E-state index >= 15 is 8.78 Å². The van der Waals surface area contributed by atoms with Crippen molar-refractivity contribution in [3.8, 4) is 17.3 Å². The van der Waals surface area contributed by atoms with Gasteiger partial charge in [-0.15, -0.1) is 10.2 Å². The van der Waals surface area contributed by atoms with Gasteiger partial charge in [0.15, 0.2) is 17.6 Å². The maximum Gasteiger partial charge on any atom is 0.296 e. The molecule has 0 bridgehead atoms. The second-order valence-corrected chi connectivity index (χ2v) is 9.37. The van der Waals surface area contributed by atoms with Gasteiger partial charge in [-0.25, -0.2) is 18.2 Å². The number of alkyl halides is 2. The largest absolute Gasteiger partial charge is 0.482 e. The average molecular weight is 455 g/mol. The number of halogens is 3. The standard InChI is InChI=1S/C24H24F3N5O/c1-23(2,3)31-11-9-19(24(26,27)14-31)33-18-13-16(25)12-15-7-8-17(28-21(15)18)22-30-29-20-6-4-5-10-32(20)22/h4-8,10,12-13,19H,9,11,14H2,1-3H3. The summed E-state index contributed by atoms with van der Waals surface area (Å²) in [6, 6.07) is 11.3. The van der Waals surface area contributed by atoms with Crippen LogP contribution in [-0.2, 0) is 0 Å². The van der Waals surface area contributed by atoms with E-state index in [4.69, 9.17) is 4.74 Å². The molecule has 0 aliphatic carbocycles. The molecule has 0 radical (unpaired) electrons. The molecule has 9 heteroatoms. The highest BCUT2D eigenvalue weighted by atomic mass is 19.3. The molecule has 172 valence electrons. The number of hydrogen-bond donors (Lipinski definition) is 0. The first-order chi connectivity index (χ1) is 15.6. The van der Waals surface area contributed by atoms with Crippen LogP contribution in [0.1, 0.15) is 27.2 Å². The summed E-state index contributed by atoms with van der Waals surface area (Å²) in [5.41, 5.74) is 1.05. The average Bonchev–Trinajstić information content (AvgIpc) is 3.18. The minimum absolute atomic E-state index is 0.00504. The predicted molar refractivity (Wildman–Crippen MR) is 119 cm³/mol. The number of pyridine rings is 2. The van der Waals surface area contributed by atoms with Crippen LogP contribution >= 0.6 is 0 Å². The van der Waals surface area contributed by atoms with Gasteiger partial charge in [-0.2, -0.15) is 0 Å². The maximum atomic E-state index is 15.0. The molecule has 6 nitrogen and oxygen atoms in total. The van der Waals surface area contributed by atoms with E-state index in [-0.39, 0.29) is 17.7 Å². The van der Waals surface area contributed by atoms with E-state index in [1.54, 1.807) is 21.4 Å². The number of fused-ring (bicyclic) bond motifs is 2. The smallest absolute Gasteiger partial charge is 0.296 e. The molecule has 1 saturated heterocycles. The summed E-state index contributed by atoms with van der Waals surface area (Å²) in [7, 11) is 0. The lowest BCUT2D eigenvalue weighted by Gasteiger charge is -2.44. The van der Waals surface area contributed by atoms with Crippen molar-refractivity contribution < 1.29 is 17.9 Å². The Kier molecular flexibility index (Phi) is 5.04. The highest BCUT2D eigenvalue weighted by Gasteiger charge is 2.48. The van der Waals surface area contributed by atoms with Crippen molar-refractivity contribution in [2.45, 2.75) is 44.8 Å². The molecular weight excluding hydrogens is 431 g/mol. The van der Waals surface area contributed by atoms with E-state index in [0.29, 0.717) is 34.6 Å². The summed E-state index contributed by atoms with van der Waals surface area (Å²) < 4.78 is 51.9. The molecule has 33 heavy (non-hydrogen) atoms. The number of nitrogens with zero attached hydrogens (tertiary/aromatic N) is 5. The molecule has 1 fully saturated rings. The van der Waals surface area contributed by atoms with Gasteiger partial charge in [0.05, 0.1) is 6.54 Å². The second kappa shape index (κ2) is 7.69. The fraction of sp³-hybridized carbons (Fsp3) is 0.375. The molecule has 0 saturated carbocycles. The SMILES string of the molecule is CC(C)(C)N1CCC(Oc2cc(F)cc3ccc(-c4nnc5ccccn45)nc23)C(F)(F)C1. The van der Waals surface area contributed by atoms with E-state index in [1.165, 1.54) is 6.07 Å². The van der Waals surface area contributed by atoms with E-state index in [9.17, 15) is 4.39 Å². The molecule has 0 N–H and O–H groups in total. The minimum atomic E-state index is -3.09. The Labute approximate surface area is 189 Å². The molecule has 1 unspecified atom stereocenters. The summed E-state index contributed by atoms with van der Waals surface area (Å²) in [4.78, 5) is 6.35. The van der Waals surface area contributed by atoms with Crippen LogP contribution in [0.25, 0.3) is 28.1 Å². The zero-order valence-corrected chi connectivity index (χ0v) is 18.6. The Bertz CT molecular complexity index is 1330. The second-order valence-electron chi connectivity index (χ2n) is 9.37. The van der Waals surface area contributed by atoms with Gasteiger partial charge in [0.25, 0.3) is 5.92 Å². The number of benzene rings is 1. The fourth-order valence-electron chi connectivity index (χ4n) is 4.19. The van der Waals surface area contributed by atoms with Gasteiger partial charge in [-0.05, 0) is 45.0 Å². The Hall–Kier alpha value is -3.20. The number of rotatable bonds is 3. The van der Waals surface area contributed by atoms with Crippen LogP contribution in [0.5, 0.6) is 5.75 Å². The van der Waals surface area contributed by atoms with Crippen molar-refractivity contribution >= 4 is 16.6 Å². The third kappa shape index (κ3) is 4.01. The Morgan fingerprint density at radius 3 is 2.67 bits per heavy atom. The van der Waals surface area contributed by atoms with Crippen molar-refractivity contribution in [2.24, 2.45) is 0 Å². The number of aromatic nitrogens is 4. The first kappa shape index (κ1) is 21.6. The molecule has 1 aliphatic heterocycles. The lowest BCUT2D eigenvalue weighted by atomic mass is 9.97. The summed E-state index contributed by atoms with van der Waals surface area (Å²) >= 11 is 0. The molecule has 0 spiro atoms. The van der Waals surface area contributed by atoms with Crippen LogP contribution in [0, 0.1) is 5.82 Å². The Balaban J connectivity index is 1.52. The van der Waals surface area contributed by atoms with Crippen LogP contribution in [-0.4, -0.2) is 55.1 Å². The molecule has 1 atom stereocenters. The molecule has 1 aromatic carbocycles. The van der Waals surface area contributed by atoms with Gasteiger partial charge >= 0.3 is 0 Å². The van der Waals surface area contributed by atoms with Crippen LogP contribution in [0.2, 0.25) is 0 Å². The van der Waals surface area contributed by atoms with Gasteiger partial charge in [0.1, 0.15) is 22.8 Å². The molecule has 1 aliphatic rings. The van der Waals surface area contributed by atoms with Crippen LogP contribution in [0.3, 0.4) is 0 Å². The van der Waals surface area contributed by atoms with E-state index in [0.717, 1.165) is 6.07 Å². The monoisotopic (exact) mass is 455 g/mol. The van der Waals surface area contributed by atoms with Gasteiger partial charge in [-0.3, -0.25) is 9.30 Å². The van der Waals surface area contributed by atoms with E-state index < -0.39 is 24.4 Å². The van der Waals surface area contributed by atoms with Gasteiger partial charge in [0, 0.05) is 36.2 Å².